The lowest BCUT2D eigenvalue weighted by molar-refractivity contribution is -0.128. The number of amides is 2. The van der Waals surface area contributed by atoms with Crippen molar-refractivity contribution in [2.24, 2.45) is 11.3 Å². The lowest BCUT2D eigenvalue weighted by Crippen LogP contribution is -2.33. The molecule has 2 saturated heterocycles. The van der Waals surface area contributed by atoms with E-state index in [1.807, 2.05) is 17.0 Å². The first-order valence-corrected chi connectivity index (χ1v) is 9.51. The van der Waals surface area contributed by atoms with Crippen molar-refractivity contribution in [1.82, 2.24) is 15.5 Å². The molecule has 2 aliphatic heterocycles. The minimum Gasteiger partial charge on any atom is -0.352 e. The molecule has 4 rings (SSSR count). The molecule has 3 fully saturated rings. The zero-order valence-electron chi connectivity index (χ0n) is 14.7. The van der Waals surface area contributed by atoms with Crippen LogP contribution in [0.4, 0.5) is 0 Å². The Bertz CT molecular complexity index is 667. The number of benzene rings is 1. The van der Waals surface area contributed by atoms with Gasteiger partial charge >= 0.3 is 0 Å². The normalized spacial score (nSPS) is 24.6. The van der Waals surface area contributed by atoms with E-state index >= 15 is 0 Å². The molecule has 0 aromatic heterocycles. The van der Waals surface area contributed by atoms with Crippen LogP contribution in [0.5, 0.6) is 0 Å². The molecular weight excluding hydrogens is 314 g/mol. The summed E-state index contributed by atoms with van der Waals surface area (Å²) in [5.74, 6) is 0.639. The quantitative estimate of drug-likeness (QED) is 0.859. The molecule has 1 aliphatic carbocycles. The summed E-state index contributed by atoms with van der Waals surface area (Å²) < 4.78 is 0. The van der Waals surface area contributed by atoms with Gasteiger partial charge in [0.15, 0.2) is 0 Å². The van der Waals surface area contributed by atoms with Crippen molar-refractivity contribution < 1.29 is 9.59 Å². The number of piperidine rings is 1. The monoisotopic (exact) mass is 341 g/mol. The molecule has 1 unspecified atom stereocenters. The second-order valence-electron chi connectivity index (χ2n) is 7.77. The number of nitrogens with one attached hydrogen (secondary N) is 2. The number of carbonyl (C=O) groups is 2. The van der Waals surface area contributed by atoms with Gasteiger partial charge in [0.2, 0.25) is 11.8 Å². The van der Waals surface area contributed by atoms with Crippen LogP contribution in [0.15, 0.2) is 24.3 Å². The van der Waals surface area contributed by atoms with Gasteiger partial charge in [0.05, 0.1) is 0 Å². The van der Waals surface area contributed by atoms with Crippen molar-refractivity contribution in [1.29, 1.82) is 0 Å². The maximum absolute atomic E-state index is 12.6. The zero-order valence-corrected chi connectivity index (χ0v) is 14.7. The van der Waals surface area contributed by atoms with Crippen LogP contribution in [0.25, 0.3) is 0 Å². The highest BCUT2D eigenvalue weighted by Crippen LogP contribution is 2.58. The Balaban J connectivity index is 1.35. The second-order valence-corrected chi connectivity index (χ2v) is 7.77. The highest BCUT2D eigenvalue weighted by atomic mass is 16.2. The van der Waals surface area contributed by atoms with E-state index in [1.165, 1.54) is 0 Å². The molecule has 1 aromatic rings. The van der Waals surface area contributed by atoms with Gasteiger partial charge in [-0.1, -0.05) is 24.3 Å². The van der Waals surface area contributed by atoms with Crippen LogP contribution in [-0.2, 0) is 22.7 Å². The first-order chi connectivity index (χ1) is 12.2. The van der Waals surface area contributed by atoms with Crippen LogP contribution in [-0.4, -0.2) is 36.3 Å². The molecule has 5 heteroatoms. The number of rotatable bonds is 5. The second kappa shape index (κ2) is 6.79. The van der Waals surface area contributed by atoms with Crippen LogP contribution >= 0.6 is 0 Å². The Morgan fingerprint density at radius 3 is 2.72 bits per heavy atom. The van der Waals surface area contributed by atoms with Crippen molar-refractivity contribution in [2.45, 2.75) is 45.2 Å². The standard InChI is InChI=1S/C20H27N3O2/c24-18-6-3-11-23(18)14-16-5-2-1-4-15(16)13-22-19(25)17-12-20(17)7-9-21-10-8-20/h1-2,4-5,17,21H,3,6-14H2,(H,22,25). The molecule has 134 valence electrons. The predicted molar refractivity (Wildman–Crippen MR) is 95.6 cm³/mol. The topological polar surface area (TPSA) is 61.4 Å². The van der Waals surface area contributed by atoms with Crippen molar-refractivity contribution in [3.05, 3.63) is 35.4 Å². The van der Waals surface area contributed by atoms with Crippen molar-refractivity contribution in [3.8, 4) is 0 Å². The van der Waals surface area contributed by atoms with Crippen molar-refractivity contribution in [2.75, 3.05) is 19.6 Å². The largest absolute Gasteiger partial charge is 0.352 e. The zero-order chi connectivity index (χ0) is 17.3. The molecule has 2 heterocycles. The summed E-state index contributed by atoms with van der Waals surface area (Å²) in [7, 11) is 0. The van der Waals surface area contributed by atoms with Crippen LogP contribution in [0.3, 0.4) is 0 Å². The summed E-state index contributed by atoms with van der Waals surface area (Å²) in [6, 6.07) is 8.14. The summed E-state index contributed by atoms with van der Waals surface area (Å²) >= 11 is 0. The van der Waals surface area contributed by atoms with E-state index < -0.39 is 0 Å². The van der Waals surface area contributed by atoms with Gasteiger partial charge in [0, 0.05) is 32.0 Å². The van der Waals surface area contributed by atoms with Crippen LogP contribution in [0.2, 0.25) is 0 Å². The minimum absolute atomic E-state index is 0.196. The maximum Gasteiger partial charge on any atom is 0.223 e. The summed E-state index contributed by atoms with van der Waals surface area (Å²) in [6.45, 7) is 4.14. The van der Waals surface area contributed by atoms with Gasteiger partial charge in [0.25, 0.3) is 0 Å². The predicted octanol–water partition coefficient (Wildman–Crippen LogP) is 1.81. The molecule has 1 saturated carbocycles. The van der Waals surface area contributed by atoms with E-state index in [9.17, 15) is 9.59 Å². The molecule has 3 aliphatic rings. The fourth-order valence-electron chi connectivity index (χ4n) is 4.46. The highest BCUT2D eigenvalue weighted by Gasteiger charge is 2.57. The Hall–Kier alpha value is -1.88. The third-order valence-corrected chi connectivity index (χ3v) is 6.21. The third kappa shape index (κ3) is 3.43. The number of likely N-dealkylation sites (tertiary alicyclic amines) is 1. The maximum atomic E-state index is 12.6. The summed E-state index contributed by atoms with van der Waals surface area (Å²) in [5.41, 5.74) is 2.54. The first-order valence-electron chi connectivity index (χ1n) is 9.51. The molecule has 2 amide bonds. The Labute approximate surface area is 149 Å². The van der Waals surface area contributed by atoms with Gasteiger partial charge in [-0.2, -0.15) is 0 Å². The lowest BCUT2D eigenvalue weighted by atomic mass is 9.92. The van der Waals surface area contributed by atoms with Gasteiger partial charge in [-0.15, -0.1) is 0 Å². The molecule has 2 N–H and O–H groups in total. The summed E-state index contributed by atoms with van der Waals surface area (Å²) in [4.78, 5) is 26.4. The van der Waals surface area contributed by atoms with Gasteiger partial charge in [-0.05, 0) is 55.3 Å². The average molecular weight is 341 g/mol. The van der Waals surface area contributed by atoms with E-state index in [-0.39, 0.29) is 23.1 Å². The van der Waals surface area contributed by atoms with E-state index in [1.54, 1.807) is 0 Å². The molecule has 0 radical (unpaired) electrons. The lowest BCUT2D eigenvalue weighted by Gasteiger charge is -2.23. The minimum atomic E-state index is 0.196. The number of carbonyl (C=O) groups excluding carboxylic acids is 2. The van der Waals surface area contributed by atoms with Gasteiger partial charge in [0.1, 0.15) is 0 Å². The fraction of sp³-hybridized carbons (Fsp3) is 0.600. The van der Waals surface area contributed by atoms with Crippen LogP contribution < -0.4 is 10.6 Å². The highest BCUT2D eigenvalue weighted by molar-refractivity contribution is 5.82. The third-order valence-electron chi connectivity index (χ3n) is 6.21. The number of nitrogens with zero attached hydrogens (tertiary/aromatic N) is 1. The molecular formula is C20H27N3O2. The van der Waals surface area contributed by atoms with Gasteiger partial charge in [-0.25, -0.2) is 0 Å². The average Bonchev–Trinajstić information content (AvgIpc) is 3.17. The van der Waals surface area contributed by atoms with E-state index in [0.717, 1.165) is 56.4 Å². The Kier molecular flexibility index (Phi) is 4.50. The molecule has 0 bridgehead atoms. The first kappa shape index (κ1) is 16.6. The molecule has 1 spiro atoms. The van der Waals surface area contributed by atoms with Crippen LogP contribution in [0.1, 0.15) is 43.2 Å². The Morgan fingerprint density at radius 2 is 2.00 bits per heavy atom. The van der Waals surface area contributed by atoms with Crippen molar-refractivity contribution in [3.63, 3.8) is 0 Å². The van der Waals surface area contributed by atoms with E-state index in [2.05, 4.69) is 22.8 Å². The molecule has 25 heavy (non-hydrogen) atoms. The smallest absolute Gasteiger partial charge is 0.223 e. The fourth-order valence-corrected chi connectivity index (χ4v) is 4.46. The van der Waals surface area contributed by atoms with E-state index in [0.29, 0.717) is 19.5 Å². The summed E-state index contributed by atoms with van der Waals surface area (Å²) in [6.07, 6.45) is 4.91. The molecule has 5 nitrogen and oxygen atoms in total. The number of hydrogen-bond donors (Lipinski definition) is 2. The van der Waals surface area contributed by atoms with Gasteiger partial charge in [-0.3, -0.25) is 9.59 Å². The Morgan fingerprint density at radius 1 is 1.24 bits per heavy atom. The van der Waals surface area contributed by atoms with E-state index in [4.69, 9.17) is 0 Å². The number of hydrogen-bond acceptors (Lipinski definition) is 3. The molecule has 1 aromatic carbocycles. The SMILES string of the molecule is O=C(NCc1ccccc1CN1CCCC1=O)C1CC12CCNCC2. The van der Waals surface area contributed by atoms with Gasteiger partial charge < -0.3 is 15.5 Å². The molecule has 1 atom stereocenters. The van der Waals surface area contributed by atoms with Crippen molar-refractivity contribution >= 4 is 11.8 Å². The van der Waals surface area contributed by atoms with Crippen LogP contribution in [0, 0.1) is 11.3 Å². The summed E-state index contributed by atoms with van der Waals surface area (Å²) in [5, 5.41) is 6.53.